The van der Waals surface area contributed by atoms with Crippen LogP contribution in [-0.4, -0.2) is 36.1 Å². The van der Waals surface area contributed by atoms with Crippen molar-refractivity contribution in [3.63, 3.8) is 0 Å². The van der Waals surface area contributed by atoms with Gasteiger partial charge in [-0.15, -0.1) is 11.3 Å². The molecule has 2 heterocycles. The molecule has 2 fully saturated rings. The highest BCUT2D eigenvalue weighted by Crippen LogP contribution is 2.42. The normalized spacial score (nSPS) is 22.6. The van der Waals surface area contributed by atoms with Gasteiger partial charge in [0.25, 0.3) is 0 Å². The molecule has 1 aromatic rings. The zero-order chi connectivity index (χ0) is 11.0. The molecule has 0 atom stereocenters. The van der Waals surface area contributed by atoms with Crippen LogP contribution in [0, 0.1) is 6.92 Å². The van der Waals surface area contributed by atoms with E-state index in [4.69, 9.17) is 4.98 Å². The molecule has 0 bridgehead atoms. The van der Waals surface area contributed by atoms with E-state index in [2.05, 4.69) is 17.1 Å². The number of rotatable bonds is 3. The summed E-state index contributed by atoms with van der Waals surface area (Å²) in [7, 11) is 0. The highest BCUT2D eigenvalue weighted by molar-refractivity contribution is 7.11. The number of thiazole rings is 1. The first-order valence-electron chi connectivity index (χ1n) is 6.22. The molecular formula is C12H19N3S. The molecule has 1 saturated carbocycles. The quantitative estimate of drug-likeness (QED) is 0.868. The minimum Gasteiger partial charge on any atom is -0.314 e. The summed E-state index contributed by atoms with van der Waals surface area (Å²) < 4.78 is 0. The van der Waals surface area contributed by atoms with Crippen LogP contribution in [0.3, 0.4) is 0 Å². The van der Waals surface area contributed by atoms with Crippen LogP contribution in [0.2, 0.25) is 0 Å². The van der Waals surface area contributed by atoms with Crippen molar-refractivity contribution >= 4 is 11.3 Å². The summed E-state index contributed by atoms with van der Waals surface area (Å²) in [6.45, 7) is 7.89. The molecule has 1 aromatic heterocycles. The first-order valence-corrected chi connectivity index (χ1v) is 7.04. The van der Waals surface area contributed by atoms with E-state index in [0.717, 1.165) is 25.6 Å². The maximum Gasteiger partial charge on any atom is 0.0900 e. The van der Waals surface area contributed by atoms with Gasteiger partial charge in [0.05, 0.1) is 10.7 Å². The number of nitrogens with zero attached hydrogens (tertiary/aromatic N) is 2. The summed E-state index contributed by atoms with van der Waals surface area (Å²) >= 11 is 1.90. The molecule has 1 N–H and O–H groups in total. The molecule has 88 valence electrons. The van der Waals surface area contributed by atoms with E-state index in [1.54, 1.807) is 0 Å². The van der Waals surface area contributed by atoms with E-state index in [0.29, 0.717) is 0 Å². The summed E-state index contributed by atoms with van der Waals surface area (Å²) in [5, 5.41) is 4.64. The molecule has 0 amide bonds. The van der Waals surface area contributed by atoms with Crippen LogP contribution in [0.25, 0.3) is 0 Å². The fourth-order valence-electron chi connectivity index (χ4n) is 2.35. The highest BCUT2D eigenvalue weighted by atomic mass is 32.1. The van der Waals surface area contributed by atoms with Gasteiger partial charge in [-0.1, -0.05) is 0 Å². The lowest BCUT2D eigenvalue weighted by molar-refractivity contribution is 0.234. The van der Waals surface area contributed by atoms with Crippen LogP contribution in [0.15, 0.2) is 0 Å². The molecule has 1 aliphatic carbocycles. The van der Waals surface area contributed by atoms with Crippen molar-refractivity contribution in [2.75, 3.05) is 26.2 Å². The Morgan fingerprint density at radius 1 is 1.38 bits per heavy atom. The molecule has 1 saturated heterocycles. The lowest BCUT2D eigenvalue weighted by atomic mass is 10.2. The maximum absolute atomic E-state index is 4.71. The second-order valence-corrected chi connectivity index (χ2v) is 6.13. The van der Waals surface area contributed by atoms with Crippen molar-refractivity contribution in [1.82, 2.24) is 15.2 Å². The number of nitrogens with one attached hydrogen (secondary N) is 1. The Hall–Kier alpha value is -0.450. The Balaban J connectivity index is 1.72. The summed E-state index contributed by atoms with van der Waals surface area (Å²) in [4.78, 5) is 8.79. The zero-order valence-corrected chi connectivity index (χ0v) is 10.6. The van der Waals surface area contributed by atoms with Gasteiger partial charge in [-0.2, -0.15) is 0 Å². The van der Waals surface area contributed by atoms with Gasteiger partial charge in [0.2, 0.25) is 0 Å². The van der Waals surface area contributed by atoms with Crippen molar-refractivity contribution in [2.45, 2.75) is 32.2 Å². The van der Waals surface area contributed by atoms with Crippen molar-refractivity contribution in [3.05, 3.63) is 15.6 Å². The molecule has 16 heavy (non-hydrogen) atoms. The topological polar surface area (TPSA) is 28.2 Å². The number of piperazine rings is 1. The Kier molecular flexibility index (Phi) is 2.96. The summed E-state index contributed by atoms with van der Waals surface area (Å²) in [6, 6.07) is 0. The highest BCUT2D eigenvalue weighted by Gasteiger charge is 2.29. The van der Waals surface area contributed by atoms with Gasteiger partial charge < -0.3 is 5.32 Å². The van der Waals surface area contributed by atoms with Crippen molar-refractivity contribution in [3.8, 4) is 0 Å². The largest absolute Gasteiger partial charge is 0.314 e. The first-order chi connectivity index (χ1) is 7.83. The van der Waals surface area contributed by atoms with Gasteiger partial charge >= 0.3 is 0 Å². The van der Waals surface area contributed by atoms with E-state index in [9.17, 15) is 0 Å². The van der Waals surface area contributed by atoms with E-state index < -0.39 is 0 Å². The predicted octanol–water partition coefficient (Wildman–Crippen LogP) is 1.73. The van der Waals surface area contributed by atoms with Crippen molar-refractivity contribution < 1.29 is 0 Å². The maximum atomic E-state index is 4.71. The fourth-order valence-corrected chi connectivity index (χ4v) is 3.41. The van der Waals surface area contributed by atoms with Crippen molar-refractivity contribution in [2.24, 2.45) is 0 Å². The van der Waals surface area contributed by atoms with Crippen LogP contribution < -0.4 is 5.32 Å². The second kappa shape index (κ2) is 4.43. The van der Waals surface area contributed by atoms with Crippen LogP contribution in [0.1, 0.15) is 34.3 Å². The van der Waals surface area contributed by atoms with E-state index >= 15 is 0 Å². The minimum absolute atomic E-state index is 0.794. The SMILES string of the molecule is Cc1nc(C2CC2)c(CN2CCNCC2)s1. The average molecular weight is 237 g/mol. The monoisotopic (exact) mass is 237 g/mol. The third kappa shape index (κ3) is 2.29. The standard InChI is InChI=1S/C12H19N3S/c1-9-14-12(10-2-3-10)11(16-9)8-15-6-4-13-5-7-15/h10,13H,2-8H2,1H3. The van der Waals surface area contributed by atoms with Gasteiger partial charge in [-0.05, 0) is 19.8 Å². The fraction of sp³-hybridized carbons (Fsp3) is 0.750. The van der Waals surface area contributed by atoms with Gasteiger partial charge in [-0.25, -0.2) is 4.98 Å². The molecule has 0 unspecified atom stereocenters. The van der Waals surface area contributed by atoms with Gasteiger partial charge in [0, 0.05) is 43.5 Å². The molecule has 3 nitrogen and oxygen atoms in total. The van der Waals surface area contributed by atoms with Gasteiger partial charge in [0.15, 0.2) is 0 Å². The van der Waals surface area contributed by atoms with Crippen LogP contribution in [0.4, 0.5) is 0 Å². The Morgan fingerprint density at radius 3 is 2.81 bits per heavy atom. The zero-order valence-electron chi connectivity index (χ0n) is 9.83. The molecule has 0 spiro atoms. The smallest absolute Gasteiger partial charge is 0.0900 e. The second-order valence-electron chi connectivity index (χ2n) is 4.84. The lowest BCUT2D eigenvalue weighted by Gasteiger charge is -2.26. The lowest BCUT2D eigenvalue weighted by Crippen LogP contribution is -2.42. The number of hydrogen-bond acceptors (Lipinski definition) is 4. The van der Waals surface area contributed by atoms with Gasteiger partial charge in [0.1, 0.15) is 0 Å². The summed E-state index contributed by atoms with van der Waals surface area (Å²) in [5.41, 5.74) is 1.42. The van der Waals surface area contributed by atoms with Crippen LogP contribution in [-0.2, 0) is 6.54 Å². The molecular weight excluding hydrogens is 218 g/mol. The molecule has 3 rings (SSSR count). The van der Waals surface area contributed by atoms with Crippen molar-refractivity contribution in [1.29, 1.82) is 0 Å². The Labute approximate surface area is 101 Å². The molecule has 2 aliphatic rings. The van der Waals surface area contributed by atoms with Gasteiger partial charge in [-0.3, -0.25) is 4.90 Å². The molecule has 0 aromatic carbocycles. The van der Waals surface area contributed by atoms with Crippen LogP contribution in [0.5, 0.6) is 0 Å². The third-order valence-electron chi connectivity index (χ3n) is 3.38. The summed E-state index contributed by atoms with van der Waals surface area (Å²) in [6.07, 6.45) is 2.72. The number of aryl methyl sites for hydroxylation is 1. The molecule has 1 aliphatic heterocycles. The third-order valence-corrected chi connectivity index (χ3v) is 4.35. The first kappa shape index (κ1) is 10.7. The summed E-state index contributed by atoms with van der Waals surface area (Å²) in [5.74, 6) is 0.794. The molecule has 0 radical (unpaired) electrons. The van der Waals surface area contributed by atoms with E-state index in [1.807, 2.05) is 11.3 Å². The number of hydrogen-bond donors (Lipinski definition) is 1. The van der Waals surface area contributed by atoms with E-state index in [-0.39, 0.29) is 0 Å². The minimum atomic E-state index is 0.794. The van der Waals surface area contributed by atoms with Crippen LogP contribution >= 0.6 is 11.3 Å². The Bertz CT molecular complexity index is 364. The van der Waals surface area contributed by atoms with E-state index in [1.165, 1.54) is 41.5 Å². The number of aromatic nitrogens is 1. The predicted molar refractivity (Wildman–Crippen MR) is 67.0 cm³/mol. The Morgan fingerprint density at radius 2 is 2.12 bits per heavy atom. The average Bonchev–Trinajstić information content (AvgIpc) is 3.06. The molecule has 4 heteroatoms.